The minimum absolute atomic E-state index is 0.00278. The van der Waals surface area contributed by atoms with Gasteiger partial charge in [0.05, 0.1) is 0 Å². The van der Waals surface area contributed by atoms with Crippen molar-refractivity contribution in [2.24, 2.45) is 0 Å². The molecule has 0 saturated carbocycles. The van der Waals surface area contributed by atoms with Crippen LogP contribution < -0.4 is 10.2 Å². The summed E-state index contributed by atoms with van der Waals surface area (Å²) in [5, 5.41) is 2.78. The predicted octanol–water partition coefficient (Wildman–Crippen LogP) is 3.41. The standard InChI is InChI=1S/C21H25N3O3/c1-16-7-9-17(10-8-16)14-23-11-4-12-24(21(23)26)19-6-3-5-18(13-19)22-20(25)15-27-2/h3,5-10,13H,4,11-12,14-15H2,1-2H3,(H,22,25). The molecule has 0 unspecified atom stereocenters. The van der Waals surface area contributed by atoms with Gasteiger partial charge in [-0.2, -0.15) is 0 Å². The molecule has 0 aliphatic carbocycles. The number of hydrogen-bond acceptors (Lipinski definition) is 3. The fourth-order valence-corrected chi connectivity index (χ4v) is 3.16. The number of benzene rings is 2. The molecule has 3 amide bonds. The molecule has 1 aliphatic heterocycles. The Hall–Kier alpha value is -2.86. The van der Waals surface area contributed by atoms with Crippen LogP contribution in [0.25, 0.3) is 0 Å². The van der Waals surface area contributed by atoms with Crippen molar-refractivity contribution >= 4 is 23.3 Å². The van der Waals surface area contributed by atoms with Crippen LogP contribution in [0.15, 0.2) is 48.5 Å². The Morgan fingerprint density at radius 1 is 1.15 bits per heavy atom. The number of carbonyl (C=O) groups excluding carboxylic acids is 2. The van der Waals surface area contributed by atoms with Gasteiger partial charge in [-0.05, 0) is 37.1 Å². The number of anilines is 2. The number of carbonyl (C=O) groups is 2. The van der Waals surface area contributed by atoms with Crippen LogP contribution in [-0.4, -0.2) is 43.6 Å². The third-order valence-electron chi connectivity index (χ3n) is 4.52. The zero-order valence-corrected chi connectivity index (χ0v) is 15.8. The molecule has 3 rings (SSSR count). The molecular formula is C21H25N3O3. The second-order valence-electron chi connectivity index (χ2n) is 6.73. The first-order chi connectivity index (χ1) is 13.1. The van der Waals surface area contributed by atoms with Gasteiger partial charge in [0.1, 0.15) is 6.61 Å². The Balaban J connectivity index is 1.71. The average molecular weight is 367 g/mol. The van der Waals surface area contributed by atoms with Crippen molar-refractivity contribution in [3.63, 3.8) is 0 Å². The highest BCUT2D eigenvalue weighted by Crippen LogP contribution is 2.24. The van der Waals surface area contributed by atoms with Crippen LogP contribution in [0.1, 0.15) is 17.5 Å². The topological polar surface area (TPSA) is 61.9 Å². The van der Waals surface area contributed by atoms with Gasteiger partial charge in [-0.3, -0.25) is 9.69 Å². The number of amides is 3. The molecule has 0 radical (unpaired) electrons. The van der Waals surface area contributed by atoms with Gasteiger partial charge >= 0.3 is 6.03 Å². The van der Waals surface area contributed by atoms with E-state index in [1.165, 1.54) is 12.7 Å². The molecule has 1 N–H and O–H groups in total. The predicted molar refractivity (Wildman–Crippen MR) is 106 cm³/mol. The molecule has 1 heterocycles. The molecule has 0 bridgehead atoms. The highest BCUT2D eigenvalue weighted by atomic mass is 16.5. The number of urea groups is 1. The number of nitrogens with one attached hydrogen (secondary N) is 1. The van der Waals surface area contributed by atoms with Crippen LogP contribution in [0.2, 0.25) is 0 Å². The van der Waals surface area contributed by atoms with Crippen molar-refractivity contribution in [2.45, 2.75) is 19.9 Å². The maximum atomic E-state index is 13.0. The van der Waals surface area contributed by atoms with E-state index in [4.69, 9.17) is 4.74 Å². The summed E-state index contributed by atoms with van der Waals surface area (Å²) >= 11 is 0. The summed E-state index contributed by atoms with van der Waals surface area (Å²) in [4.78, 5) is 28.3. The number of ether oxygens (including phenoxy) is 1. The quantitative estimate of drug-likeness (QED) is 0.851. The third kappa shape index (κ3) is 4.86. The monoisotopic (exact) mass is 367 g/mol. The van der Waals surface area contributed by atoms with Gasteiger partial charge in [-0.1, -0.05) is 35.9 Å². The lowest BCUT2D eigenvalue weighted by Gasteiger charge is -2.36. The van der Waals surface area contributed by atoms with Crippen LogP contribution in [0.5, 0.6) is 0 Å². The molecule has 27 heavy (non-hydrogen) atoms. The minimum Gasteiger partial charge on any atom is -0.375 e. The molecule has 0 aromatic heterocycles. The van der Waals surface area contributed by atoms with E-state index in [2.05, 4.69) is 36.5 Å². The molecule has 1 fully saturated rings. The van der Waals surface area contributed by atoms with E-state index in [0.717, 1.165) is 24.2 Å². The third-order valence-corrected chi connectivity index (χ3v) is 4.52. The number of hydrogen-bond donors (Lipinski definition) is 1. The van der Waals surface area contributed by atoms with E-state index < -0.39 is 0 Å². The molecule has 6 heteroatoms. The largest absolute Gasteiger partial charge is 0.375 e. The van der Waals surface area contributed by atoms with E-state index in [-0.39, 0.29) is 18.5 Å². The van der Waals surface area contributed by atoms with Crippen molar-refractivity contribution in [1.82, 2.24) is 4.90 Å². The van der Waals surface area contributed by atoms with Crippen molar-refractivity contribution in [1.29, 1.82) is 0 Å². The number of aryl methyl sites for hydroxylation is 1. The van der Waals surface area contributed by atoms with E-state index in [0.29, 0.717) is 18.8 Å². The van der Waals surface area contributed by atoms with Crippen LogP contribution >= 0.6 is 0 Å². The summed E-state index contributed by atoms with van der Waals surface area (Å²) in [5.41, 5.74) is 3.76. The minimum atomic E-state index is -0.222. The molecule has 6 nitrogen and oxygen atoms in total. The normalized spacial score (nSPS) is 14.4. The SMILES string of the molecule is COCC(=O)Nc1cccc(N2CCCN(Cc3ccc(C)cc3)C2=O)c1. The van der Waals surface area contributed by atoms with Crippen molar-refractivity contribution in [3.05, 3.63) is 59.7 Å². The van der Waals surface area contributed by atoms with Gasteiger partial charge in [0.15, 0.2) is 0 Å². The molecule has 0 spiro atoms. The van der Waals surface area contributed by atoms with Crippen LogP contribution in [0.4, 0.5) is 16.2 Å². The van der Waals surface area contributed by atoms with Gasteiger partial charge in [-0.25, -0.2) is 4.79 Å². The molecule has 142 valence electrons. The lowest BCUT2D eigenvalue weighted by molar-refractivity contribution is -0.119. The molecular weight excluding hydrogens is 342 g/mol. The Bertz CT molecular complexity index is 805. The lowest BCUT2D eigenvalue weighted by atomic mass is 10.1. The van der Waals surface area contributed by atoms with Gasteiger partial charge < -0.3 is 15.0 Å². The molecule has 1 saturated heterocycles. The van der Waals surface area contributed by atoms with Crippen LogP contribution in [0, 0.1) is 6.92 Å². The highest BCUT2D eigenvalue weighted by Gasteiger charge is 2.27. The number of nitrogens with zero attached hydrogens (tertiary/aromatic N) is 2. The molecule has 2 aromatic carbocycles. The van der Waals surface area contributed by atoms with E-state index in [1.54, 1.807) is 11.0 Å². The summed E-state index contributed by atoms with van der Waals surface area (Å²) in [5.74, 6) is -0.222. The fourth-order valence-electron chi connectivity index (χ4n) is 3.16. The second-order valence-corrected chi connectivity index (χ2v) is 6.73. The van der Waals surface area contributed by atoms with Crippen molar-refractivity contribution in [3.8, 4) is 0 Å². The van der Waals surface area contributed by atoms with E-state index in [9.17, 15) is 9.59 Å². The van der Waals surface area contributed by atoms with Gasteiger partial charge in [0.2, 0.25) is 5.91 Å². The Morgan fingerprint density at radius 3 is 2.67 bits per heavy atom. The summed E-state index contributed by atoms with van der Waals surface area (Å²) in [7, 11) is 1.48. The highest BCUT2D eigenvalue weighted by molar-refractivity contribution is 5.95. The van der Waals surface area contributed by atoms with Gasteiger partial charge in [-0.15, -0.1) is 0 Å². The summed E-state index contributed by atoms with van der Waals surface area (Å²) in [6.45, 7) is 4.05. The second kappa shape index (κ2) is 8.68. The van der Waals surface area contributed by atoms with Crippen molar-refractivity contribution < 1.29 is 14.3 Å². The first kappa shape index (κ1) is 18.9. The van der Waals surface area contributed by atoms with Crippen molar-refractivity contribution in [2.75, 3.05) is 37.0 Å². The molecule has 0 atom stereocenters. The number of methoxy groups -OCH3 is 1. The zero-order chi connectivity index (χ0) is 19.2. The van der Waals surface area contributed by atoms with Crippen LogP contribution in [-0.2, 0) is 16.1 Å². The zero-order valence-electron chi connectivity index (χ0n) is 15.8. The maximum Gasteiger partial charge on any atom is 0.324 e. The summed E-state index contributed by atoms with van der Waals surface area (Å²) in [6, 6.07) is 15.6. The summed E-state index contributed by atoms with van der Waals surface area (Å²) < 4.78 is 4.83. The first-order valence-electron chi connectivity index (χ1n) is 9.07. The summed E-state index contributed by atoms with van der Waals surface area (Å²) in [6.07, 6.45) is 0.901. The smallest absolute Gasteiger partial charge is 0.324 e. The number of rotatable bonds is 6. The maximum absolute atomic E-state index is 13.0. The van der Waals surface area contributed by atoms with E-state index in [1.807, 2.05) is 23.1 Å². The fraction of sp³-hybridized carbons (Fsp3) is 0.333. The van der Waals surface area contributed by atoms with Crippen LogP contribution in [0.3, 0.4) is 0 Å². The molecule has 2 aromatic rings. The first-order valence-corrected chi connectivity index (χ1v) is 9.07. The van der Waals surface area contributed by atoms with E-state index >= 15 is 0 Å². The Morgan fingerprint density at radius 2 is 1.93 bits per heavy atom. The lowest BCUT2D eigenvalue weighted by Crippen LogP contribution is -2.49. The molecule has 1 aliphatic rings. The Kier molecular flexibility index (Phi) is 6.08. The van der Waals surface area contributed by atoms with Gasteiger partial charge in [0, 0.05) is 38.1 Å². The average Bonchev–Trinajstić information content (AvgIpc) is 2.65. The Labute approximate surface area is 159 Å². The van der Waals surface area contributed by atoms with Gasteiger partial charge in [0.25, 0.3) is 0 Å².